The van der Waals surface area contributed by atoms with E-state index in [0.717, 1.165) is 73.6 Å². The zero-order chi connectivity index (χ0) is 26.3. The normalized spacial score (nSPS) is 16.8. The molecule has 0 saturated heterocycles. The van der Waals surface area contributed by atoms with Gasteiger partial charge in [-0.1, -0.05) is 43.2 Å². The number of nitrogens with zero attached hydrogens (tertiary/aromatic N) is 1. The molecule has 1 atom stereocenters. The van der Waals surface area contributed by atoms with E-state index >= 15 is 0 Å². The molecule has 0 aliphatic heterocycles. The number of fused-ring (bicyclic) bond motifs is 2. The highest BCUT2D eigenvalue weighted by molar-refractivity contribution is 7.93. The van der Waals surface area contributed by atoms with E-state index in [-0.39, 0.29) is 28.0 Å². The predicted molar refractivity (Wildman–Crippen MR) is 148 cm³/mol. The number of aryl methyl sites for hydroxylation is 1. The van der Waals surface area contributed by atoms with Gasteiger partial charge in [0.15, 0.2) is 0 Å². The molecular formula is C30H31N3O4S. The Balaban J connectivity index is 1.38. The molecule has 0 radical (unpaired) electrons. The first-order chi connectivity index (χ1) is 18.4. The van der Waals surface area contributed by atoms with E-state index in [1.807, 2.05) is 18.2 Å². The number of para-hydroxylation sites is 1. The standard InChI is InChI=1S/C30H31N3O4S/c34-29-23-12-3-1-2-4-13-24(23)32-30(35)27(29)26(19-15-16-19)21-9-5-11-22(18-21)33-38(36,37)25-14-6-8-20-10-7-17-31-28(20)25/h5-11,14,17-19,26,33H,1-4,12-13,15-16H2,(H2,32,34,35). The number of sulfonamides is 1. The minimum Gasteiger partial charge on any atom is -0.507 e. The van der Waals surface area contributed by atoms with Crippen LogP contribution < -0.4 is 10.3 Å². The van der Waals surface area contributed by atoms with E-state index in [2.05, 4.69) is 14.7 Å². The molecular weight excluding hydrogens is 498 g/mol. The average molecular weight is 530 g/mol. The van der Waals surface area contributed by atoms with Crippen LogP contribution in [0, 0.1) is 5.92 Å². The molecule has 4 aromatic rings. The number of pyridine rings is 2. The number of aromatic amines is 1. The van der Waals surface area contributed by atoms with Crippen molar-refractivity contribution in [3.05, 3.63) is 93.5 Å². The van der Waals surface area contributed by atoms with Crippen LogP contribution in [0.3, 0.4) is 0 Å². The summed E-state index contributed by atoms with van der Waals surface area (Å²) in [6.07, 6.45) is 9.25. The molecule has 1 unspecified atom stereocenters. The number of rotatable bonds is 6. The van der Waals surface area contributed by atoms with Gasteiger partial charge < -0.3 is 10.1 Å². The third-order valence-corrected chi connectivity index (χ3v) is 9.22. The highest BCUT2D eigenvalue weighted by atomic mass is 32.2. The smallest absolute Gasteiger partial charge is 0.264 e. The Morgan fingerprint density at radius 3 is 2.55 bits per heavy atom. The molecule has 0 amide bonds. The summed E-state index contributed by atoms with van der Waals surface area (Å²) in [5.41, 5.74) is 3.52. The molecule has 0 spiro atoms. The van der Waals surface area contributed by atoms with Gasteiger partial charge in [-0.05, 0) is 74.3 Å². The molecule has 196 valence electrons. The molecule has 8 heteroatoms. The van der Waals surface area contributed by atoms with Gasteiger partial charge in [-0.2, -0.15) is 0 Å². The lowest BCUT2D eigenvalue weighted by molar-refractivity contribution is 0.444. The van der Waals surface area contributed by atoms with E-state index in [1.54, 1.807) is 42.6 Å². The number of nitrogens with one attached hydrogen (secondary N) is 2. The van der Waals surface area contributed by atoms with Crippen LogP contribution in [0.15, 0.2) is 70.5 Å². The summed E-state index contributed by atoms with van der Waals surface area (Å²) in [6.45, 7) is 0. The molecule has 7 nitrogen and oxygen atoms in total. The van der Waals surface area contributed by atoms with Gasteiger partial charge in [0.25, 0.3) is 15.6 Å². The van der Waals surface area contributed by atoms with Crippen molar-refractivity contribution in [2.24, 2.45) is 5.92 Å². The molecule has 1 fully saturated rings. The molecule has 1 saturated carbocycles. The van der Waals surface area contributed by atoms with Crippen LogP contribution >= 0.6 is 0 Å². The zero-order valence-electron chi connectivity index (χ0n) is 21.1. The molecule has 2 aromatic heterocycles. The topological polar surface area (TPSA) is 112 Å². The Labute approximate surface area is 222 Å². The maximum Gasteiger partial charge on any atom is 0.264 e. The lowest BCUT2D eigenvalue weighted by Crippen LogP contribution is -2.23. The van der Waals surface area contributed by atoms with Gasteiger partial charge >= 0.3 is 0 Å². The third kappa shape index (κ3) is 4.69. The van der Waals surface area contributed by atoms with Gasteiger partial charge in [0.05, 0.1) is 11.1 Å². The fourth-order valence-electron chi connectivity index (χ4n) is 5.82. The SMILES string of the molecule is O=c1[nH]c2c(c(O)c1C(c1cccc(NS(=O)(=O)c3cccc4cccnc34)c1)C1CC1)CCCCCC2. The molecule has 38 heavy (non-hydrogen) atoms. The predicted octanol–water partition coefficient (Wildman–Crippen LogP) is 5.63. The summed E-state index contributed by atoms with van der Waals surface area (Å²) in [5, 5.41) is 12.1. The Morgan fingerprint density at radius 1 is 0.974 bits per heavy atom. The quantitative estimate of drug-likeness (QED) is 0.300. The Morgan fingerprint density at radius 2 is 1.74 bits per heavy atom. The van der Waals surface area contributed by atoms with Crippen LogP contribution in [-0.4, -0.2) is 23.5 Å². The molecule has 2 heterocycles. The van der Waals surface area contributed by atoms with Crippen molar-refractivity contribution < 1.29 is 13.5 Å². The van der Waals surface area contributed by atoms with Crippen LogP contribution in [0.1, 0.15) is 66.8 Å². The first-order valence-corrected chi connectivity index (χ1v) is 14.8. The molecule has 0 bridgehead atoms. The van der Waals surface area contributed by atoms with Gasteiger partial charge in [0.1, 0.15) is 10.6 Å². The second-order valence-corrected chi connectivity index (χ2v) is 12.1. The second kappa shape index (κ2) is 9.91. The van der Waals surface area contributed by atoms with Crippen molar-refractivity contribution in [2.45, 2.75) is 62.2 Å². The van der Waals surface area contributed by atoms with Gasteiger partial charge in [-0.25, -0.2) is 8.42 Å². The van der Waals surface area contributed by atoms with E-state index in [0.29, 0.717) is 16.8 Å². The maximum absolute atomic E-state index is 13.4. The number of aromatic hydroxyl groups is 1. The van der Waals surface area contributed by atoms with Gasteiger partial charge in [0.2, 0.25) is 0 Å². The van der Waals surface area contributed by atoms with Crippen molar-refractivity contribution in [3.63, 3.8) is 0 Å². The van der Waals surface area contributed by atoms with Crippen molar-refractivity contribution in [3.8, 4) is 5.75 Å². The summed E-state index contributed by atoms with van der Waals surface area (Å²) in [4.78, 5) is 20.8. The summed E-state index contributed by atoms with van der Waals surface area (Å²) < 4.78 is 29.5. The third-order valence-electron chi connectivity index (χ3n) is 7.81. The molecule has 2 aromatic carbocycles. The van der Waals surface area contributed by atoms with Crippen LogP contribution in [0.2, 0.25) is 0 Å². The fraction of sp³-hybridized carbons (Fsp3) is 0.333. The number of hydrogen-bond donors (Lipinski definition) is 3. The van der Waals surface area contributed by atoms with Crippen LogP contribution in [0.25, 0.3) is 10.9 Å². The summed E-state index contributed by atoms with van der Waals surface area (Å²) in [7, 11) is -3.92. The van der Waals surface area contributed by atoms with Crippen molar-refractivity contribution in [1.82, 2.24) is 9.97 Å². The van der Waals surface area contributed by atoms with E-state index in [4.69, 9.17) is 0 Å². The van der Waals surface area contributed by atoms with Crippen LogP contribution in [0.5, 0.6) is 5.75 Å². The summed E-state index contributed by atoms with van der Waals surface area (Å²) in [5.74, 6) is 0.0382. The Hall–Kier alpha value is -3.65. The maximum atomic E-state index is 13.4. The average Bonchev–Trinajstić information content (AvgIpc) is 3.72. The fourth-order valence-corrected chi connectivity index (χ4v) is 7.05. The van der Waals surface area contributed by atoms with Gasteiger partial charge in [0, 0.05) is 34.4 Å². The highest BCUT2D eigenvalue weighted by Gasteiger charge is 2.38. The minimum atomic E-state index is -3.92. The lowest BCUT2D eigenvalue weighted by atomic mass is 9.84. The molecule has 2 aliphatic carbocycles. The van der Waals surface area contributed by atoms with E-state index < -0.39 is 10.0 Å². The van der Waals surface area contributed by atoms with Crippen LogP contribution in [-0.2, 0) is 22.9 Å². The number of anilines is 1. The van der Waals surface area contributed by atoms with Crippen molar-refractivity contribution in [2.75, 3.05) is 4.72 Å². The number of H-pyrrole nitrogens is 1. The number of benzene rings is 2. The molecule has 2 aliphatic rings. The highest BCUT2D eigenvalue weighted by Crippen LogP contribution is 2.48. The van der Waals surface area contributed by atoms with Crippen LogP contribution in [0.4, 0.5) is 5.69 Å². The van der Waals surface area contributed by atoms with Crippen molar-refractivity contribution >= 4 is 26.6 Å². The number of hydrogen-bond acceptors (Lipinski definition) is 5. The zero-order valence-corrected chi connectivity index (χ0v) is 21.9. The summed E-state index contributed by atoms with van der Waals surface area (Å²) >= 11 is 0. The lowest BCUT2D eigenvalue weighted by Gasteiger charge is -2.23. The van der Waals surface area contributed by atoms with Crippen molar-refractivity contribution in [1.29, 1.82) is 0 Å². The Bertz CT molecular complexity index is 1670. The van der Waals surface area contributed by atoms with Gasteiger partial charge in [-0.3, -0.25) is 14.5 Å². The Kier molecular flexibility index (Phi) is 6.43. The first kappa shape index (κ1) is 24.7. The second-order valence-electron chi connectivity index (χ2n) is 10.5. The van der Waals surface area contributed by atoms with E-state index in [1.165, 1.54) is 0 Å². The molecule has 6 rings (SSSR count). The van der Waals surface area contributed by atoms with Gasteiger partial charge in [-0.15, -0.1) is 0 Å². The molecule has 3 N–H and O–H groups in total. The van der Waals surface area contributed by atoms with E-state index in [9.17, 15) is 18.3 Å². The largest absolute Gasteiger partial charge is 0.507 e. The first-order valence-electron chi connectivity index (χ1n) is 13.4. The minimum absolute atomic E-state index is 0.107. The monoisotopic (exact) mass is 529 g/mol. The summed E-state index contributed by atoms with van der Waals surface area (Å²) in [6, 6.07) is 15.9. The number of aromatic nitrogens is 2.